The molecule has 2 aromatic heterocycles. The van der Waals surface area contributed by atoms with Crippen molar-refractivity contribution in [1.82, 2.24) is 19.7 Å². The van der Waals surface area contributed by atoms with Crippen molar-refractivity contribution in [2.24, 2.45) is 0 Å². The van der Waals surface area contributed by atoms with E-state index >= 15 is 0 Å². The number of aromatic nitrogens is 3. The molecule has 3 aromatic rings. The Labute approximate surface area is 167 Å². The quantitative estimate of drug-likeness (QED) is 0.698. The molecule has 0 radical (unpaired) electrons. The van der Waals surface area contributed by atoms with Crippen LogP contribution in [0.5, 0.6) is 0 Å². The zero-order chi connectivity index (χ0) is 19.7. The second-order valence-corrected chi connectivity index (χ2v) is 7.82. The third-order valence-corrected chi connectivity index (χ3v) is 5.88. The van der Waals surface area contributed by atoms with Crippen LogP contribution in [-0.4, -0.2) is 58.8 Å². The van der Waals surface area contributed by atoms with E-state index in [1.165, 1.54) is 17.0 Å². The molecule has 1 saturated heterocycles. The molecular formula is C19H23N7OS. The molecule has 0 atom stereocenters. The third kappa shape index (κ3) is 3.71. The minimum atomic E-state index is -0.268. The van der Waals surface area contributed by atoms with Crippen molar-refractivity contribution in [2.75, 3.05) is 49.2 Å². The number of nitrogens with zero attached hydrogens (tertiary/aromatic N) is 5. The summed E-state index contributed by atoms with van der Waals surface area (Å²) < 4.78 is 1.14. The van der Waals surface area contributed by atoms with Gasteiger partial charge >= 0.3 is 0 Å². The molecule has 0 amide bonds. The highest BCUT2D eigenvalue weighted by Gasteiger charge is 2.19. The maximum Gasteiger partial charge on any atom is 0.291 e. The van der Waals surface area contributed by atoms with Crippen LogP contribution in [0.3, 0.4) is 0 Å². The minimum absolute atomic E-state index is 0.0642. The van der Waals surface area contributed by atoms with Gasteiger partial charge in [0.2, 0.25) is 11.9 Å². The van der Waals surface area contributed by atoms with Crippen molar-refractivity contribution in [3.8, 4) is 0 Å². The number of aryl methyl sites for hydroxylation is 1. The summed E-state index contributed by atoms with van der Waals surface area (Å²) in [5, 5.41) is 9.22. The summed E-state index contributed by atoms with van der Waals surface area (Å²) in [4.78, 5) is 22.1. The van der Waals surface area contributed by atoms with E-state index in [9.17, 15) is 4.79 Å². The van der Waals surface area contributed by atoms with Gasteiger partial charge in [0, 0.05) is 37.6 Å². The molecule has 1 aliphatic rings. The van der Waals surface area contributed by atoms with Crippen LogP contribution in [0, 0.1) is 6.92 Å². The average molecular weight is 398 g/mol. The normalized spacial score (nSPS) is 15.0. The number of hydrogen-bond acceptors (Lipinski definition) is 8. The van der Waals surface area contributed by atoms with Crippen molar-refractivity contribution in [1.29, 1.82) is 0 Å². The maximum absolute atomic E-state index is 12.6. The number of likely N-dealkylation sites (N-methyl/N-ethyl adjacent to an activating group) is 1. The molecule has 146 valence electrons. The first kappa shape index (κ1) is 18.5. The molecule has 0 saturated carbocycles. The molecule has 1 fully saturated rings. The van der Waals surface area contributed by atoms with Gasteiger partial charge in [0.25, 0.3) is 5.91 Å². The van der Waals surface area contributed by atoms with Gasteiger partial charge in [-0.15, -0.1) is 16.4 Å². The van der Waals surface area contributed by atoms with Crippen LogP contribution in [0.15, 0.2) is 35.7 Å². The Hall–Kier alpha value is -2.91. The highest BCUT2D eigenvalue weighted by atomic mass is 32.1. The lowest BCUT2D eigenvalue weighted by atomic mass is 10.2. The fraction of sp³-hybridized carbons (Fsp3) is 0.316. The number of rotatable bonds is 4. The topological polar surface area (TPSA) is 92.3 Å². The highest BCUT2D eigenvalue weighted by molar-refractivity contribution is 7.12. The van der Waals surface area contributed by atoms with Crippen molar-refractivity contribution < 1.29 is 4.79 Å². The highest BCUT2D eigenvalue weighted by Crippen LogP contribution is 2.22. The zero-order valence-corrected chi connectivity index (χ0v) is 16.7. The van der Waals surface area contributed by atoms with Gasteiger partial charge < -0.3 is 20.9 Å². The van der Waals surface area contributed by atoms with Crippen molar-refractivity contribution in [3.05, 3.63) is 46.2 Å². The molecule has 1 aliphatic heterocycles. The molecule has 0 spiro atoms. The van der Waals surface area contributed by atoms with Crippen LogP contribution in [0.2, 0.25) is 0 Å². The Morgan fingerprint density at radius 1 is 1.14 bits per heavy atom. The molecule has 3 N–H and O–H groups in total. The molecule has 9 heteroatoms. The number of carbonyl (C=O) groups is 1. The molecule has 4 rings (SSSR count). The molecular weight excluding hydrogens is 374 g/mol. The van der Waals surface area contributed by atoms with Gasteiger partial charge in [-0.3, -0.25) is 4.79 Å². The number of thiophene rings is 1. The monoisotopic (exact) mass is 397 g/mol. The number of nitrogen functional groups attached to an aromatic ring is 1. The SMILES string of the molecule is Cc1ccsc1C(=O)n1nc(Nc2ccc(N3CCN(C)CC3)cc2)nc1N. The Morgan fingerprint density at radius 3 is 2.50 bits per heavy atom. The second kappa shape index (κ2) is 7.61. The lowest BCUT2D eigenvalue weighted by Crippen LogP contribution is -2.44. The zero-order valence-electron chi connectivity index (χ0n) is 15.9. The fourth-order valence-electron chi connectivity index (χ4n) is 3.16. The summed E-state index contributed by atoms with van der Waals surface area (Å²) in [6, 6.07) is 10.0. The van der Waals surface area contributed by atoms with Gasteiger partial charge in [-0.25, -0.2) is 0 Å². The molecule has 28 heavy (non-hydrogen) atoms. The van der Waals surface area contributed by atoms with Gasteiger partial charge in [0.1, 0.15) is 0 Å². The van der Waals surface area contributed by atoms with E-state index in [4.69, 9.17) is 5.73 Å². The van der Waals surface area contributed by atoms with Crippen molar-refractivity contribution >= 4 is 40.5 Å². The molecule has 0 aliphatic carbocycles. The van der Waals surface area contributed by atoms with Crippen LogP contribution in [0.1, 0.15) is 15.2 Å². The maximum atomic E-state index is 12.6. The number of benzene rings is 1. The number of hydrogen-bond donors (Lipinski definition) is 2. The summed E-state index contributed by atoms with van der Waals surface area (Å²) >= 11 is 1.37. The third-order valence-electron chi connectivity index (χ3n) is 4.87. The van der Waals surface area contributed by atoms with E-state index in [1.54, 1.807) is 0 Å². The predicted octanol–water partition coefficient (Wildman–Crippen LogP) is 2.41. The number of nitrogens with one attached hydrogen (secondary N) is 1. The van der Waals surface area contributed by atoms with Gasteiger partial charge in [-0.1, -0.05) is 0 Å². The Kier molecular flexibility index (Phi) is 5.01. The van der Waals surface area contributed by atoms with Crippen LogP contribution in [0.4, 0.5) is 23.3 Å². The average Bonchev–Trinajstić information content (AvgIpc) is 3.28. The first-order valence-electron chi connectivity index (χ1n) is 9.13. The number of nitrogens with two attached hydrogens (primary N) is 1. The molecule has 8 nitrogen and oxygen atoms in total. The smallest absolute Gasteiger partial charge is 0.291 e. The largest absolute Gasteiger partial charge is 0.369 e. The van der Waals surface area contributed by atoms with Gasteiger partial charge in [-0.2, -0.15) is 9.67 Å². The van der Waals surface area contributed by atoms with Crippen LogP contribution < -0.4 is 16.0 Å². The fourth-order valence-corrected chi connectivity index (χ4v) is 4.01. The van der Waals surface area contributed by atoms with E-state index < -0.39 is 0 Å². The summed E-state index contributed by atoms with van der Waals surface area (Å²) in [6.07, 6.45) is 0. The lowest BCUT2D eigenvalue weighted by molar-refractivity contribution is 0.0951. The van der Waals surface area contributed by atoms with E-state index in [0.717, 1.165) is 42.1 Å². The van der Waals surface area contributed by atoms with E-state index in [1.807, 2.05) is 30.5 Å². The summed E-state index contributed by atoms with van der Waals surface area (Å²) in [6.45, 7) is 6.07. The van der Waals surface area contributed by atoms with Gasteiger partial charge in [0.15, 0.2) is 0 Å². The van der Waals surface area contributed by atoms with Crippen LogP contribution in [0.25, 0.3) is 0 Å². The van der Waals surface area contributed by atoms with Crippen molar-refractivity contribution in [3.63, 3.8) is 0 Å². The first-order chi connectivity index (χ1) is 13.5. The summed E-state index contributed by atoms with van der Waals surface area (Å²) in [5.74, 6) is 0.0951. The van der Waals surface area contributed by atoms with E-state index in [2.05, 4.69) is 44.4 Å². The second-order valence-electron chi connectivity index (χ2n) is 6.91. The summed E-state index contributed by atoms with van der Waals surface area (Å²) in [5.41, 5.74) is 8.85. The molecule has 1 aromatic carbocycles. The molecule has 0 bridgehead atoms. The molecule has 3 heterocycles. The number of carbonyl (C=O) groups excluding carboxylic acids is 1. The van der Waals surface area contributed by atoms with Crippen LogP contribution >= 0.6 is 11.3 Å². The van der Waals surface area contributed by atoms with E-state index in [-0.39, 0.29) is 11.9 Å². The van der Waals surface area contributed by atoms with E-state index in [0.29, 0.717) is 10.8 Å². The van der Waals surface area contributed by atoms with Gasteiger partial charge in [-0.05, 0) is 55.2 Å². The first-order valence-corrected chi connectivity index (χ1v) is 10.0. The Bertz CT molecular complexity index is 971. The van der Waals surface area contributed by atoms with Crippen LogP contribution in [-0.2, 0) is 0 Å². The molecule has 0 unspecified atom stereocenters. The standard InChI is InChI=1S/C19H23N7OS/c1-13-7-12-28-16(13)17(27)26-18(20)22-19(23-26)21-14-3-5-15(6-4-14)25-10-8-24(2)9-11-25/h3-7,12H,8-11H2,1-2H3,(H3,20,21,22,23). The Balaban J connectivity index is 1.46. The lowest BCUT2D eigenvalue weighted by Gasteiger charge is -2.34. The number of piperazine rings is 1. The number of anilines is 4. The van der Waals surface area contributed by atoms with Crippen molar-refractivity contribution in [2.45, 2.75) is 6.92 Å². The summed E-state index contributed by atoms with van der Waals surface area (Å²) in [7, 11) is 2.15. The Morgan fingerprint density at radius 2 is 1.86 bits per heavy atom. The van der Waals surface area contributed by atoms with Gasteiger partial charge in [0.05, 0.1) is 4.88 Å². The predicted molar refractivity (Wildman–Crippen MR) is 113 cm³/mol. The minimum Gasteiger partial charge on any atom is -0.369 e.